The normalized spacial score (nSPS) is 20.4. The molecule has 2 saturated heterocycles. The van der Waals surface area contributed by atoms with Crippen molar-refractivity contribution in [3.05, 3.63) is 40.9 Å². The Morgan fingerprint density at radius 3 is 2.81 bits per heavy atom. The Bertz CT molecular complexity index is 1040. The number of benzene rings is 1. The number of thiocarbonyl (C=S) groups is 1. The first-order valence-electron chi connectivity index (χ1n) is 10.7. The topological polar surface area (TPSA) is 54.8 Å². The number of aromatic nitrogens is 1. The molecule has 0 saturated carbocycles. The number of hydrogen-bond acceptors (Lipinski definition) is 5. The zero-order chi connectivity index (χ0) is 22.0. The summed E-state index contributed by atoms with van der Waals surface area (Å²) in [5, 5.41) is 1.01. The Kier molecular flexibility index (Phi) is 6.79. The van der Waals surface area contributed by atoms with E-state index in [4.69, 9.17) is 17.0 Å². The van der Waals surface area contributed by atoms with E-state index in [-0.39, 0.29) is 24.5 Å². The number of ether oxygens (including phenoxy) is 1. The first-order chi connectivity index (χ1) is 15.0. The quantitative estimate of drug-likeness (QED) is 0.466. The minimum Gasteiger partial charge on any atom is -0.376 e. The summed E-state index contributed by atoms with van der Waals surface area (Å²) < 4.78 is 8.22. The minimum atomic E-state index is -0.0680. The summed E-state index contributed by atoms with van der Waals surface area (Å²) in [5.41, 5.74) is 1.89. The van der Waals surface area contributed by atoms with Gasteiger partial charge in [0, 0.05) is 42.4 Å². The van der Waals surface area contributed by atoms with Gasteiger partial charge in [0.05, 0.1) is 17.6 Å². The van der Waals surface area contributed by atoms with Crippen molar-refractivity contribution in [3.8, 4) is 0 Å². The summed E-state index contributed by atoms with van der Waals surface area (Å²) in [4.78, 5) is 29.8. The molecule has 31 heavy (non-hydrogen) atoms. The van der Waals surface area contributed by atoms with Gasteiger partial charge in [0.25, 0.3) is 5.91 Å². The first kappa shape index (κ1) is 22.0. The lowest BCUT2D eigenvalue weighted by Gasteiger charge is -2.19. The molecule has 2 aliphatic heterocycles. The number of para-hydroxylation sites is 1. The largest absolute Gasteiger partial charge is 0.376 e. The van der Waals surface area contributed by atoms with Crippen LogP contribution in [0, 0.1) is 0 Å². The van der Waals surface area contributed by atoms with Gasteiger partial charge >= 0.3 is 0 Å². The fourth-order valence-electron chi connectivity index (χ4n) is 4.13. The van der Waals surface area contributed by atoms with Crippen molar-refractivity contribution in [2.45, 2.75) is 39.3 Å². The van der Waals surface area contributed by atoms with Crippen molar-refractivity contribution in [2.24, 2.45) is 0 Å². The van der Waals surface area contributed by atoms with E-state index in [0.717, 1.165) is 35.9 Å². The van der Waals surface area contributed by atoms with Gasteiger partial charge < -0.3 is 14.2 Å². The van der Waals surface area contributed by atoms with E-state index < -0.39 is 0 Å². The molecule has 2 aromatic rings. The number of thioether (sulfide) groups is 1. The van der Waals surface area contributed by atoms with Crippen molar-refractivity contribution in [1.82, 2.24) is 14.4 Å². The van der Waals surface area contributed by atoms with Gasteiger partial charge in [-0.05, 0) is 38.8 Å². The fourth-order valence-corrected chi connectivity index (χ4v) is 5.40. The molecule has 2 fully saturated rings. The maximum atomic E-state index is 13.0. The van der Waals surface area contributed by atoms with Crippen LogP contribution in [0.3, 0.4) is 0 Å². The van der Waals surface area contributed by atoms with E-state index in [1.54, 1.807) is 4.90 Å². The molecule has 4 rings (SSSR count). The molecule has 0 bridgehead atoms. The lowest BCUT2D eigenvalue weighted by Crippen LogP contribution is -2.35. The zero-order valence-electron chi connectivity index (χ0n) is 17.9. The standard InChI is InChI=1S/C23H27N3O3S2/c1-3-24(4-2)21(27)15-25-13-16(18-9-5-6-10-19(18)25)12-20-22(28)26(23(30)31-20)14-17-8-7-11-29-17/h5-6,9-10,12-13,17H,3-4,7-8,11,14-15H2,1-2H3/b20-12-/t17-/m0/s1. The maximum Gasteiger partial charge on any atom is 0.266 e. The molecule has 2 aliphatic rings. The number of carbonyl (C=O) groups excluding carboxylic acids is 2. The number of carbonyl (C=O) groups is 2. The van der Waals surface area contributed by atoms with Crippen LogP contribution in [0.1, 0.15) is 32.3 Å². The summed E-state index contributed by atoms with van der Waals surface area (Å²) in [6.07, 6.45) is 5.91. The summed E-state index contributed by atoms with van der Waals surface area (Å²) in [5.74, 6) is 0.0155. The molecule has 1 aromatic carbocycles. The van der Waals surface area contributed by atoms with Crippen molar-refractivity contribution in [3.63, 3.8) is 0 Å². The molecule has 0 unspecified atom stereocenters. The Balaban J connectivity index is 1.61. The van der Waals surface area contributed by atoms with Crippen LogP contribution in [-0.2, 0) is 20.9 Å². The minimum absolute atomic E-state index is 0.0647. The molecule has 3 heterocycles. The van der Waals surface area contributed by atoms with Crippen LogP contribution >= 0.6 is 24.0 Å². The highest BCUT2D eigenvalue weighted by Gasteiger charge is 2.34. The molecule has 1 aromatic heterocycles. The average molecular weight is 458 g/mol. The van der Waals surface area contributed by atoms with E-state index in [0.29, 0.717) is 28.9 Å². The summed E-state index contributed by atoms with van der Waals surface area (Å²) in [6, 6.07) is 7.96. The highest BCUT2D eigenvalue weighted by Crippen LogP contribution is 2.35. The highest BCUT2D eigenvalue weighted by atomic mass is 32.2. The van der Waals surface area contributed by atoms with E-state index in [2.05, 4.69) is 0 Å². The number of likely N-dealkylation sites (N-methyl/N-ethyl adjacent to an activating group) is 1. The van der Waals surface area contributed by atoms with E-state index >= 15 is 0 Å². The van der Waals surface area contributed by atoms with Crippen LogP contribution in [0.5, 0.6) is 0 Å². The van der Waals surface area contributed by atoms with E-state index in [1.807, 2.05) is 59.9 Å². The van der Waals surface area contributed by atoms with Gasteiger partial charge in [-0.15, -0.1) is 0 Å². The van der Waals surface area contributed by atoms with Crippen LogP contribution in [0.15, 0.2) is 35.4 Å². The van der Waals surface area contributed by atoms with Crippen molar-refractivity contribution in [1.29, 1.82) is 0 Å². The Hall–Kier alpha value is -2.16. The summed E-state index contributed by atoms with van der Waals surface area (Å²) in [6.45, 7) is 6.89. The molecule has 0 radical (unpaired) electrons. The Morgan fingerprint density at radius 2 is 2.10 bits per heavy atom. The summed E-state index contributed by atoms with van der Waals surface area (Å²) in [7, 11) is 0. The van der Waals surface area contributed by atoms with Gasteiger partial charge in [0.1, 0.15) is 10.9 Å². The first-order valence-corrected chi connectivity index (χ1v) is 12.0. The van der Waals surface area contributed by atoms with Crippen LogP contribution in [0.2, 0.25) is 0 Å². The monoisotopic (exact) mass is 457 g/mol. The third-order valence-corrected chi connectivity index (χ3v) is 7.19. The highest BCUT2D eigenvalue weighted by molar-refractivity contribution is 8.26. The predicted molar refractivity (Wildman–Crippen MR) is 129 cm³/mol. The van der Waals surface area contributed by atoms with Gasteiger partial charge in [-0.2, -0.15) is 0 Å². The molecular formula is C23H27N3O3S2. The smallest absolute Gasteiger partial charge is 0.266 e. The van der Waals surface area contributed by atoms with Gasteiger partial charge in [-0.25, -0.2) is 0 Å². The second-order valence-electron chi connectivity index (χ2n) is 7.72. The van der Waals surface area contributed by atoms with Crippen molar-refractivity contribution >= 4 is 57.1 Å². The molecular weight excluding hydrogens is 430 g/mol. The molecule has 6 nitrogen and oxygen atoms in total. The van der Waals surface area contributed by atoms with Crippen LogP contribution in [-0.4, -0.2) is 62.8 Å². The molecule has 8 heteroatoms. The Morgan fingerprint density at radius 1 is 1.32 bits per heavy atom. The Labute approximate surface area is 192 Å². The van der Waals surface area contributed by atoms with Crippen LogP contribution < -0.4 is 0 Å². The molecule has 1 atom stereocenters. The maximum absolute atomic E-state index is 13.0. The van der Waals surface area contributed by atoms with Crippen molar-refractivity contribution in [2.75, 3.05) is 26.2 Å². The molecule has 0 aliphatic carbocycles. The molecule has 2 amide bonds. The third kappa shape index (κ3) is 4.56. The van der Waals surface area contributed by atoms with Crippen molar-refractivity contribution < 1.29 is 14.3 Å². The SMILES string of the molecule is CCN(CC)C(=O)Cn1cc(/C=C2\SC(=S)N(C[C@@H]3CCCO3)C2=O)c2ccccc21. The number of nitrogens with zero attached hydrogens (tertiary/aromatic N) is 3. The lowest BCUT2D eigenvalue weighted by atomic mass is 10.1. The summed E-state index contributed by atoms with van der Waals surface area (Å²) >= 11 is 6.81. The second-order valence-corrected chi connectivity index (χ2v) is 9.40. The molecule has 0 N–H and O–H groups in total. The number of amides is 2. The number of rotatable bonds is 7. The number of fused-ring (bicyclic) bond motifs is 1. The second kappa shape index (κ2) is 9.54. The van der Waals surface area contributed by atoms with E-state index in [1.165, 1.54) is 11.8 Å². The van der Waals surface area contributed by atoms with Gasteiger partial charge in [0.15, 0.2) is 0 Å². The van der Waals surface area contributed by atoms with Gasteiger partial charge in [-0.3, -0.25) is 14.5 Å². The van der Waals surface area contributed by atoms with Crippen LogP contribution in [0.25, 0.3) is 17.0 Å². The lowest BCUT2D eigenvalue weighted by molar-refractivity contribution is -0.131. The molecule has 164 valence electrons. The molecule has 0 spiro atoms. The fraction of sp³-hybridized carbons (Fsp3) is 0.435. The van der Waals surface area contributed by atoms with Gasteiger partial charge in [0.2, 0.25) is 5.91 Å². The number of hydrogen-bond donors (Lipinski definition) is 0. The van der Waals surface area contributed by atoms with Crippen LogP contribution in [0.4, 0.5) is 0 Å². The van der Waals surface area contributed by atoms with E-state index in [9.17, 15) is 9.59 Å². The third-order valence-electron chi connectivity index (χ3n) is 5.81. The predicted octanol–water partition coefficient (Wildman–Crippen LogP) is 3.89. The van der Waals surface area contributed by atoms with Gasteiger partial charge in [-0.1, -0.05) is 42.2 Å². The average Bonchev–Trinajstić information content (AvgIpc) is 3.46. The zero-order valence-corrected chi connectivity index (χ0v) is 19.5.